The lowest BCUT2D eigenvalue weighted by atomic mass is 10.1. The summed E-state index contributed by atoms with van der Waals surface area (Å²) >= 11 is 0. The number of rotatable bonds is 3. The molecule has 0 amide bonds. The number of aromatic nitrogens is 2. The molecule has 0 bridgehead atoms. The monoisotopic (exact) mass is 229 g/mol. The zero-order chi connectivity index (χ0) is 12.4. The van der Waals surface area contributed by atoms with Crippen molar-refractivity contribution in [3.05, 3.63) is 41.3 Å². The van der Waals surface area contributed by atoms with E-state index in [9.17, 15) is 0 Å². The fraction of sp³-hybridized carbons (Fsp3) is 0.357. The molecule has 0 fully saturated rings. The number of nitrogens with two attached hydrogens (primary N) is 1. The van der Waals surface area contributed by atoms with Gasteiger partial charge in [0.25, 0.3) is 0 Å². The lowest BCUT2D eigenvalue weighted by molar-refractivity contribution is 0.778. The average molecular weight is 229 g/mol. The maximum atomic E-state index is 5.67. The van der Waals surface area contributed by atoms with Gasteiger partial charge in [-0.3, -0.25) is 0 Å². The third kappa shape index (κ3) is 2.24. The summed E-state index contributed by atoms with van der Waals surface area (Å²) in [7, 11) is 2.05. The van der Waals surface area contributed by atoms with Crippen LogP contribution in [0.25, 0.3) is 11.3 Å². The van der Waals surface area contributed by atoms with Crippen LogP contribution in [0.4, 0.5) is 0 Å². The first-order valence-electron chi connectivity index (χ1n) is 5.92. The van der Waals surface area contributed by atoms with Crippen LogP contribution in [0, 0.1) is 13.8 Å². The largest absolute Gasteiger partial charge is 0.335 e. The molecule has 90 valence electrons. The van der Waals surface area contributed by atoms with Crippen molar-refractivity contribution in [2.45, 2.75) is 20.3 Å². The summed E-state index contributed by atoms with van der Waals surface area (Å²) < 4.78 is 2.13. The fourth-order valence-corrected chi connectivity index (χ4v) is 2.10. The van der Waals surface area contributed by atoms with Crippen LogP contribution in [0.3, 0.4) is 0 Å². The molecule has 0 saturated carbocycles. The van der Waals surface area contributed by atoms with Crippen LogP contribution in [0.15, 0.2) is 24.3 Å². The van der Waals surface area contributed by atoms with E-state index >= 15 is 0 Å². The van der Waals surface area contributed by atoms with E-state index in [0.717, 1.165) is 17.9 Å². The Morgan fingerprint density at radius 1 is 1.29 bits per heavy atom. The third-order valence-electron chi connectivity index (χ3n) is 3.11. The molecule has 17 heavy (non-hydrogen) atoms. The van der Waals surface area contributed by atoms with E-state index in [2.05, 4.69) is 40.7 Å². The number of hydrogen-bond acceptors (Lipinski definition) is 2. The van der Waals surface area contributed by atoms with E-state index < -0.39 is 0 Å². The van der Waals surface area contributed by atoms with Crippen LogP contribution in [0.5, 0.6) is 0 Å². The van der Waals surface area contributed by atoms with Crippen molar-refractivity contribution in [2.24, 2.45) is 12.8 Å². The van der Waals surface area contributed by atoms with Crippen LogP contribution in [0.2, 0.25) is 0 Å². The summed E-state index contributed by atoms with van der Waals surface area (Å²) in [6.45, 7) is 4.78. The Kier molecular flexibility index (Phi) is 3.29. The van der Waals surface area contributed by atoms with Gasteiger partial charge in [-0.25, -0.2) is 4.98 Å². The summed E-state index contributed by atoms with van der Waals surface area (Å²) in [5.74, 6) is 1.03. The number of nitrogens with zero attached hydrogens (tertiary/aromatic N) is 2. The molecule has 1 heterocycles. The minimum absolute atomic E-state index is 0.651. The van der Waals surface area contributed by atoms with Crippen molar-refractivity contribution in [3.8, 4) is 11.3 Å². The van der Waals surface area contributed by atoms with Gasteiger partial charge < -0.3 is 10.3 Å². The Balaban J connectivity index is 2.55. The Hall–Kier alpha value is -1.61. The highest BCUT2D eigenvalue weighted by molar-refractivity contribution is 5.63. The fourth-order valence-electron chi connectivity index (χ4n) is 2.10. The molecule has 0 aliphatic rings. The minimum atomic E-state index is 0.651. The van der Waals surface area contributed by atoms with Crippen molar-refractivity contribution in [3.63, 3.8) is 0 Å². The molecule has 2 rings (SSSR count). The Labute approximate surface area is 102 Å². The van der Waals surface area contributed by atoms with Crippen LogP contribution in [-0.2, 0) is 13.5 Å². The van der Waals surface area contributed by atoms with E-state index in [1.54, 1.807) is 0 Å². The standard InChI is InChI=1S/C14H19N3/c1-10-5-4-6-12(9-10)14-13(7-8-15)17(3)11(2)16-14/h4-6,9H,7-8,15H2,1-3H3. The predicted molar refractivity (Wildman–Crippen MR) is 70.9 cm³/mol. The number of imidazole rings is 1. The molecular weight excluding hydrogens is 210 g/mol. The predicted octanol–water partition coefficient (Wildman–Crippen LogP) is 2.21. The van der Waals surface area contributed by atoms with E-state index in [4.69, 9.17) is 5.73 Å². The van der Waals surface area contributed by atoms with Gasteiger partial charge in [-0.1, -0.05) is 23.8 Å². The number of hydrogen-bond donors (Lipinski definition) is 1. The van der Waals surface area contributed by atoms with Gasteiger partial charge >= 0.3 is 0 Å². The van der Waals surface area contributed by atoms with E-state index in [1.165, 1.54) is 16.8 Å². The van der Waals surface area contributed by atoms with Crippen LogP contribution < -0.4 is 5.73 Å². The molecule has 2 N–H and O–H groups in total. The summed E-state index contributed by atoms with van der Waals surface area (Å²) in [5.41, 5.74) is 10.4. The molecule has 3 heteroatoms. The Bertz CT molecular complexity index is 526. The molecule has 3 nitrogen and oxygen atoms in total. The van der Waals surface area contributed by atoms with Gasteiger partial charge in [0.05, 0.1) is 5.69 Å². The van der Waals surface area contributed by atoms with Crippen molar-refractivity contribution in [1.29, 1.82) is 0 Å². The lowest BCUT2D eigenvalue weighted by Gasteiger charge is -2.05. The van der Waals surface area contributed by atoms with E-state index in [-0.39, 0.29) is 0 Å². The first-order chi connectivity index (χ1) is 8.13. The maximum absolute atomic E-state index is 5.67. The molecule has 1 aromatic carbocycles. The van der Waals surface area contributed by atoms with Gasteiger partial charge in [0.1, 0.15) is 5.82 Å². The normalized spacial score (nSPS) is 10.8. The summed E-state index contributed by atoms with van der Waals surface area (Å²) in [6.07, 6.45) is 0.862. The molecule has 2 aromatic rings. The highest BCUT2D eigenvalue weighted by Gasteiger charge is 2.13. The quantitative estimate of drug-likeness (QED) is 0.877. The van der Waals surface area contributed by atoms with Crippen molar-refractivity contribution in [1.82, 2.24) is 9.55 Å². The summed E-state index contributed by atoms with van der Waals surface area (Å²) in [4.78, 5) is 4.65. The SMILES string of the molecule is Cc1cccc(-c2nc(C)n(C)c2CCN)c1. The molecule has 0 aliphatic heterocycles. The van der Waals surface area contributed by atoms with Gasteiger partial charge in [-0.2, -0.15) is 0 Å². The first kappa shape index (κ1) is 11.9. The molecule has 0 spiro atoms. The molecule has 0 radical (unpaired) electrons. The van der Waals surface area contributed by atoms with Crippen LogP contribution >= 0.6 is 0 Å². The Morgan fingerprint density at radius 3 is 2.71 bits per heavy atom. The molecule has 0 atom stereocenters. The van der Waals surface area contributed by atoms with E-state index in [0.29, 0.717) is 6.54 Å². The molecule has 0 saturated heterocycles. The highest BCUT2D eigenvalue weighted by Crippen LogP contribution is 2.24. The molecular formula is C14H19N3. The Morgan fingerprint density at radius 2 is 2.06 bits per heavy atom. The molecule has 0 unspecified atom stereocenters. The van der Waals surface area contributed by atoms with Gasteiger partial charge in [-0.05, 0) is 26.5 Å². The average Bonchev–Trinajstić information content (AvgIpc) is 2.58. The van der Waals surface area contributed by atoms with Crippen molar-refractivity contribution >= 4 is 0 Å². The summed E-state index contributed by atoms with van der Waals surface area (Å²) in [5, 5.41) is 0. The van der Waals surface area contributed by atoms with Gasteiger partial charge in [0.15, 0.2) is 0 Å². The lowest BCUT2D eigenvalue weighted by Crippen LogP contribution is -2.08. The number of benzene rings is 1. The van der Waals surface area contributed by atoms with E-state index in [1.807, 2.05) is 14.0 Å². The summed E-state index contributed by atoms with van der Waals surface area (Å²) in [6, 6.07) is 8.44. The zero-order valence-electron chi connectivity index (χ0n) is 10.7. The second-order valence-corrected chi connectivity index (χ2v) is 4.42. The molecule has 0 aliphatic carbocycles. The van der Waals surface area contributed by atoms with Crippen LogP contribution in [0.1, 0.15) is 17.1 Å². The van der Waals surface area contributed by atoms with Gasteiger partial charge in [0, 0.05) is 24.7 Å². The van der Waals surface area contributed by atoms with Gasteiger partial charge in [0.2, 0.25) is 0 Å². The first-order valence-corrected chi connectivity index (χ1v) is 5.92. The topological polar surface area (TPSA) is 43.8 Å². The minimum Gasteiger partial charge on any atom is -0.335 e. The zero-order valence-corrected chi connectivity index (χ0v) is 10.7. The second-order valence-electron chi connectivity index (χ2n) is 4.42. The molecule has 1 aromatic heterocycles. The van der Waals surface area contributed by atoms with Gasteiger partial charge in [-0.15, -0.1) is 0 Å². The second kappa shape index (κ2) is 4.72. The number of aryl methyl sites for hydroxylation is 2. The smallest absolute Gasteiger partial charge is 0.106 e. The van der Waals surface area contributed by atoms with Crippen molar-refractivity contribution < 1.29 is 0 Å². The van der Waals surface area contributed by atoms with Crippen molar-refractivity contribution in [2.75, 3.05) is 6.54 Å². The maximum Gasteiger partial charge on any atom is 0.106 e. The van der Waals surface area contributed by atoms with Crippen LogP contribution in [-0.4, -0.2) is 16.1 Å². The third-order valence-corrected chi connectivity index (χ3v) is 3.11. The highest BCUT2D eigenvalue weighted by atomic mass is 15.1.